The first kappa shape index (κ1) is 8.74. The number of halogens is 2. The topological polar surface area (TPSA) is 17.8 Å². The van der Waals surface area contributed by atoms with Crippen molar-refractivity contribution >= 4 is 38.6 Å². The Morgan fingerprint density at radius 3 is 3.14 bits per heavy atom. The van der Waals surface area contributed by atoms with Gasteiger partial charge in [-0.1, -0.05) is 11.6 Å². The van der Waals surface area contributed by atoms with Crippen LogP contribution in [0.3, 0.4) is 0 Å². The minimum absolute atomic E-state index is 0.757. The molecule has 0 fully saturated rings. The van der Waals surface area contributed by atoms with Gasteiger partial charge in [-0.05, 0) is 34.5 Å². The van der Waals surface area contributed by atoms with Gasteiger partial charge in [0, 0.05) is 17.4 Å². The third-order valence-corrected chi connectivity index (χ3v) is 3.85. The van der Waals surface area contributed by atoms with Crippen LogP contribution >= 0.6 is 27.5 Å². The molecule has 2 aromatic rings. The van der Waals surface area contributed by atoms with Gasteiger partial charge in [0.2, 0.25) is 0 Å². The van der Waals surface area contributed by atoms with Gasteiger partial charge in [-0.2, -0.15) is 0 Å². The van der Waals surface area contributed by atoms with Crippen molar-refractivity contribution in [1.29, 1.82) is 0 Å². The van der Waals surface area contributed by atoms with Crippen LogP contribution in [0, 0.1) is 0 Å². The van der Waals surface area contributed by atoms with Gasteiger partial charge in [0.25, 0.3) is 0 Å². The van der Waals surface area contributed by atoms with Gasteiger partial charge in [-0.3, -0.25) is 0 Å². The van der Waals surface area contributed by atoms with E-state index in [0.29, 0.717) is 0 Å². The Morgan fingerprint density at radius 1 is 1.43 bits per heavy atom. The van der Waals surface area contributed by atoms with Crippen LogP contribution in [-0.4, -0.2) is 9.55 Å². The molecule has 1 aromatic carbocycles. The Morgan fingerprint density at radius 2 is 2.29 bits per heavy atom. The number of aryl methyl sites for hydroxylation is 2. The SMILES string of the molecule is Clc1cc2c(cc1Br)nc1n2CCC1. The van der Waals surface area contributed by atoms with Crippen LogP contribution in [0.25, 0.3) is 11.0 Å². The summed E-state index contributed by atoms with van der Waals surface area (Å²) in [6.07, 6.45) is 2.29. The molecule has 0 atom stereocenters. The summed E-state index contributed by atoms with van der Waals surface area (Å²) in [5, 5.41) is 0.757. The Kier molecular flexibility index (Phi) is 1.86. The summed E-state index contributed by atoms with van der Waals surface area (Å²) in [5.74, 6) is 1.19. The van der Waals surface area contributed by atoms with Crippen molar-refractivity contribution in [1.82, 2.24) is 9.55 Å². The maximum atomic E-state index is 6.06. The second kappa shape index (κ2) is 2.97. The molecule has 14 heavy (non-hydrogen) atoms. The van der Waals surface area contributed by atoms with Crippen LogP contribution in [-0.2, 0) is 13.0 Å². The number of benzene rings is 1. The second-order valence-corrected chi connectivity index (χ2v) is 4.80. The lowest BCUT2D eigenvalue weighted by molar-refractivity contribution is 0.771. The molecule has 1 aliphatic rings. The number of fused-ring (bicyclic) bond motifs is 3. The number of imidazole rings is 1. The van der Waals surface area contributed by atoms with E-state index in [0.717, 1.165) is 33.5 Å². The van der Waals surface area contributed by atoms with E-state index in [1.165, 1.54) is 12.2 Å². The van der Waals surface area contributed by atoms with E-state index in [-0.39, 0.29) is 0 Å². The molecular weight excluding hydrogens is 263 g/mol. The summed E-state index contributed by atoms with van der Waals surface area (Å²) in [6.45, 7) is 1.07. The summed E-state index contributed by atoms with van der Waals surface area (Å²) < 4.78 is 3.18. The van der Waals surface area contributed by atoms with Gasteiger partial charge in [0.15, 0.2) is 0 Å². The highest BCUT2D eigenvalue weighted by atomic mass is 79.9. The average Bonchev–Trinajstić information content (AvgIpc) is 2.68. The molecule has 3 rings (SSSR count). The van der Waals surface area contributed by atoms with E-state index in [9.17, 15) is 0 Å². The smallest absolute Gasteiger partial charge is 0.109 e. The molecule has 1 aromatic heterocycles. The first-order valence-corrected chi connectivity index (χ1v) is 5.77. The van der Waals surface area contributed by atoms with Gasteiger partial charge < -0.3 is 4.57 Å². The first-order valence-electron chi connectivity index (χ1n) is 4.60. The summed E-state index contributed by atoms with van der Waals surface area (Å²) in [5.41, 5.74) is 2.20. The summed E-state index contributed by atoms with van der Waals surface area (Å²) >= 11 is 9.47. The van der Waals surface area contributed by atoms with Crippen molar-refractivity contribution in [3.63, 3.8) is 0 Å². The molecule has 2 nitrogen and oxygen atoms in total. The molecule has 2 heterocycles. The summed E-state index contributed by atoms with van der Waals surface area (Å²) in [7, 11) is 0. The van der Waals surface area contributed by atoms with Crippen molar-refractivity contribution < 1.29 is 0 Å². The van der Waals surface area contributed by atoms with Gasteiger partial charge in [0.1, 0.15) is 5.82 Å². The maximum absolute atomic E-state index is 6.06. The lowest BCUT2D eigenvalue weighted by atomic mass is 10.3. The minimum Gasteiger partial charge on any atom is -0.328 e. The van der Waals surface area contributed by atoms with Crippen LogP contribution in [0.1, 0.15) is 12.2 Å². The fourth-order valence-corrected chi connectivity index (χ4v) is 2.49. The maximum Gasteiger partial charge on any atom is 0.109 e. The highest BCUT2D eigenvalue weighted by molar-refractivity contribution is 9.10. The molecule has 1 aliphatic heterocycles. The lowest BCUT2D eigenvalue weighted by Crippen LogP contribution is -1.90. The Hall–Kier alpha value is -0.540. The molecule has 0 saturated carbocycles. The van der Waals surface area contributed by atoms with Crippen LogP contribution in [0.4, 0.5) is 0 Å². The molecule has 72 valence electrons. The molecule has 0 unspecified atom stereocenters. The van der Waals surface area contributed by atoms with Crippen LogP contribution in [0.5, 0.6) is 0 Å². The van der Waals surface area contributed by atoms with Crippen molar-refractivity contribution in [2.24, 2.45) is 0 Å². The van der Waals surface area contributed by atoms with E-state index in [4.69, 9.17) is 11.6 Å². The fourth-order valence-electron chi connectivity index (χ4n) is 2.01. The molecule has 0 N–H and O–H groups in total. The number of aromatic nitrogens is 2. The van der Waals surface area contributed by atoms with Gasteiger partial charge >= 0.3 is 0 Å². The number of rotatable bonds is 0. The largest absolute Gasteiger partial charge is 0.328 e. The monoisotopic (exact) mass is 270 g/mol. The van der Waals surface area contributed by atoms with Gasteiger partial charge in [0.05, 0.1) is 16.1 Å². The van der Waals surface area contributed by atoms with E-state index in [1.54, 1.807) is 0 Å². The van der Waals surface area contributed by atoms with Crippen LogP contribution in [0.15, 0.2) is 16.6 Å². The molecular formula is C10H8BrClN2. The zero-order chi connectivity index (χ0) is 9.71. The third kappa shape index (κ3) is 1.12. The van der Waals surface area contributed by atoms with Crippen LogP contribution < -0.4 is 0 Å². The summed E-state index contributed by atoms with van der Waals surface area (Å²) in [4.78, 5) is 4.57. The second-order valence-electron chi connectivity index (χ2n) is 3.54. The molecule has 0 amide bonds. The molecule has 0 spiro atoms. The van der Waals surface area contributed by atoms with Crippen molar-refractivity contribution in [2.45, 2.75) is 19.4 Å². The molecule has 4 heteroatoms. The van der Waals surface area contributed by atoms with Crippen molar-refractivity contribution in [3.8, 4) is 0 Å². The lowest BCUT2D eigenvalue weighted by Gasteiger charge is -1.99. The van der Waals surface area contributed by atoms with E-state index in [2.05, 4.69) is 25.5 Å². The Labute approximate surface area is 95.0 Å². The standard InChI is InChI=1S/C10H8BrClN2/c11-6-4-8-9(5-7(6)12)14-3-1-2-10(14)13-8/h4-5H,1-3H2. The molecule has 0 saturated heterocycles. The van der Waals surface area contributed by atoms with Crippen LogP contribution in [0.2, 0.25) is 5.02 Å². The Balaban J connectivity index is 2.39. The van der Waals surface area contributed by atoms with E-state index in [1.807, 2.05) is 12.1 Å². The van der Waals surface area contributed by atoms with Gasteiger partial charge in [-0.25, -0.2) is 4.98 Å². The normalized spacial score (nSPS) is 15.0. The first-order chi connectivity index (χ1) is 6.75. The third-order valence-electron chi connectivity index (χ3n) is 2.65. The number of hydrogen-bond donors (Lipinski definition) is 0. The predicted molar refractivity (Wildman–Crippen MR) is 60.8 cm³/mol. The van der Waals surface area contributed by atoms with Crippen molar-refractivity contribution in [3.05, 3.63) is 27.5 Å². The van der Waals surface area contributed by atoms with Gasteiger partial charge in [-0.15, -0.1) is 0 Å². The molecule has 0 radical (unpaired) electrons. The minimum atomic E-state index is 0.757. The average molecular weight is 272 g/mol. The quantitative estimate of drug-likeness (QED) is 0.718. The highest BCUT2D eigenvalue weighted by Crippen LogP contribution is 2.30. The highest BCUT2D eigenvalue weighted by Gasteiger charge is 2.16. The number of nitrogens with zero attached hydrogens (tertiary/aromatic N) is 2. The Bertz CT molecular complexity index is 518. The zero-order valence-electron chi connectivity index (χ0n) is 7.43. The van der Waals surface area contributed by atoms with E-state index >= 15 is 0 Å². The zero-order valence-corrected chi connectivity index (χ0v) is 9.77. The predicted octanol–water partition coefficient (Wildman–Crippen LogP) is 3.40. The summed E-state index contributed by atoms with van der Waals surface area (Å²) in [6, 6.07) is 3.98. The number of hydrogen-bond acceptors (Lipinski definition) is 1. The van der Waals surface area contributed by atoms with E-state index < -0.39 is 0 Å². The molecule has 0 bridgehead atoms. The van der Waals surface area contributed by atoms with Crippen molar-refractivity contribution in [2.75, 3.05) is 0 Å². The molecule has 0 aliphatic carbocycles. The fraction of sp³-hybridized carbons (Fsp3) is 0.300.